The minimum Gasteiger partial charge on any atom is -0.461 e. The van der Waals surface area contributed by atoms with Crippen molar-refractivity contribution in [2.24, 2.45) is 5.84 Å². The summed E-state index contributed by atoms with van der Waals surface area (Å²) in [5.74, 6) is 5.40. The molecule has 0 aliphatic carbocycles. The second-order valence-electron chi connectivity index (χ2n) is 2.04. The fraction of sp³-hybridized carbons (Fsp3) is 0.143. The smallest absolute Gasteiger partial charge is 0.228 e. The standard InChI is InChI=1S/C7H8ClFN2O/c8-6-2-1-5(11-10)3-7(6)12-4-9/h1-3,11H,4,10H2. The number of hydrazine groups is 1. The Morgan fingerprint density at radius 3 is 2.92 bits per heavy atom. The SMILES string of the molecule is NNc1ccc(Cl)c(OCF)c1. The van der Waals surface area contributed by atoms with Gasteiger partial charge in [-0.25, -0.2) is 4.39 Å². The van der Waals surface area contributed by atoms with E-state index in [0.717, 1.165) is 0 Å². The molecule has 0 radical (unpaired) electrons. The van der Waals surface area contributed by atoms with Crippen molar-refractivity contribution in [3.63, 3.8) is 0 Å². The van der Waals surface area contributed by atoms with Gasteiger partial charge in [-0.1, -0.05) is 11.6 Å². The van der Waals surface area contributed by atoms with Gasteiger partial charge >= 0.3 is 0 Å². The van der Waals surface area contributed by atoms with Gasteiger partial charge in [0.15, 0.2) is 0 Å². The highest BCUT2D eigenvalue weighted by atomic mass is 35.5. The monoisotopic (exact) mass is 190 g/mol. The first-order chi connectivity index (χ1) is 5.77. The van der Waals surface area contributed by atoms with E-state index in [9.17, 15) is 4.39 Å². The van der Waals surface area contributed by atoms with Gasteiger partial charge in [-0.05, 0) is 12.1 Å². The number of nitrogen functional groups attached to an aromatic ring is 1. The molecule has 1 rings (SSSR count). The number of alkyl halides is 1. The van der Waals surface area contributed by atoms with E-state index in [1.807, 2.05) is 0 Å². The molecule has 0 saturated heterocycles. The summed E-state index contributed by atoms with van der Waals surface area (Å²) in [5.41, 5.74) is 3.01. The molecule has 0 aliphatic rings. The molecule has 0 spiro atoms. The predicted molar refractivity (Wildman–Crippen MR) is 45.9 cm³/mol. The Bertz CT molecular complexity index is 270. The highest BCUT2D eigenvalue weighted by molar-refractivity contribution is 6.32. The summed E-state index contributed by atoms with van der Waals surface area (Å²) in [6, 6.07) is 4.75. The lowest BCUT2D eigenvalue weighted by atomic mass is 10.3. The van der Waals surface area contributed by atoms with Gasteiger partial charge in [-0.2, -0.15) is 0 Å². The van der Waals surface area contributed by atoms with E-state index in [1.54, 1.807) is 12.1 Å². The van der Waals surface area contributed by atoms with Gasteiger partial charge in [-0.15, -0.1) is 0 Å². The van der Waals surface area contributed by atoms with Crippen molar-refractivity contribution in [3.05, 3.63) is 23.2 Å². The first-order valence-electron chi connectivity index (χ1n) is 3.23. The van der Waals surface area contributed by atoms with Crippen molar-refractivity contribution >= 4 is 17.3 Å². The molecular formula is C7H8ClFN2O. The topological polar surface area (TPSA) is 47.3 Å². The van der Waals surface area contributed by atoms with Gasteiger partial charge < -0.3 is 10.2 Å². The van der Waals surface area contributed by atoms with Crippen LogP contribution >= 0.6 is 11.6 Å². The molecule has 12 heavy (non-hydrogen) atoms. The number of anilines is 1. The van der Waals surface area contributed by atoms with E-state index in [0.29, 0.717) is 10.7 Å². The predicted octanol–water partition coefficient (Wildman–Crippen LogP) is 1.93. The quantitative estimate of drug-likeness (QED) is 0.566. The van der Waals surface area contributed by atoms with Crippen LogP contribution in [-0.2, 0) is 0 Å². The lowest BCUT2D eigenvalue weighted by Gasteiger charge is -2.05. The van der Waals surface area contributed by atoms with Crippen molar-refractivity contribution in [3.8, 4) is 5.75 Å². The minimum atomic E-state index is -0.909. The van der Waals surface area contributed by atoms with E-state index >= 15 is 0 Å². The number of benzene rings is 1. The zero-order chi connectivity index (χ0) is 8.97. The van der Waals surface area contributed by atoms with Crippen LogP contribution < -0.4 is 16.0 Å². The number of halogens is 2. The third-order valence-electron chi connectivity index (χ3n) is 1.31. The molecule has 0 bridgehead atoms. The first kappa shape index (κ1) is 9.09. The lowest BCUT2D eigenvalue weighted by molar-refractivity contribution is 0.192. The number of rotatable bonds is 3. The van der Waals surface area contributed by atoms with E-state index < -0.39 is 6.86 Å². The van der Waals surface area contributed by atoms with Gasteiger partial charge in [0, 0.05) is 6.07 Å². The van der Waals surface area contributed by atoms with E-state index in [1.165, 1.54) is 6.07 Å². The molecule has 0 unspecified atom stereocenters. The summed E-state index contributed by atoms with van der Waals surface area (Å²) < 4.78 is 16.3. The average molecular weight is 191 g/mol. The Hall–Kier alpha value is -1.00. The van der Waals surface area contributed by atoms with Crippen LogP contribution in [0.3, 0.4) is 0 Å². The van der Waals surface area contributed by atoms with Crippen LogP contribution in [0.1, 0.15) is 0 Å². The maximum Gasteiger partial charge on any atom is 0.228 e. The summed E-state index contributed by atoms with van der Waals surface area (Å²) in [6.07, 6.45) is 0. The second-order valence-corrected chi connectivity index (χ2v) is 2.45. The molecule has 1 aromatic rings. The normalized spacial score (nSPS) is 9.58. The minimum absolute atomic E-state index is 0.273. The van der Waals surface area contributed by atoms with Crippen molar-refractivity contribution in [2.75, 3.05) is 12.3 Å². The Morgan fingerprint density at radius 2 is 2.33 bits per heavy atom. The van der Waals surface area contributed by atoms with Gasteiger partial charge in [-0.3, -0.25) is 5.84 Å². The van der Waals surface area contributed by atoms with Gasteiger partial charge in [0.2, 0.25) is 6.86 Å². The molecule has 0 fully saturated rings. The van der Waals surface area contributed by atoms with Gasteiger partial charge in [0.05, 0.1) is 10.7 Å². The molecule has 0 heterocycles. The zero-order valence-electron chi connectivity index (χ0n) is 6.18. The van der Waals surface area contributed by atoms with Crippen molar-refractivity contribution < 1.29 is 9.13 Å². The maximum absolute atomic E-state index is 11.8. The highest BCUT2D eigenvalue weighted by Crippen LogP contribution is 2.27. The van der Waals surface area contributed by atoms with Crippen LogP contribution in [0.4, 0.5) is 10.1 Å². The molecular weight excluding hydrogens is 183 g/mol. The van der Waals surface area contributed by atoms with Crippen molar-refractivity contribution in [2.45, 2.75) is 0 Å². The van der Waals surface area contributed by atoms with E-state index in [2.05, 4.69) is 10.2 Å². The zero-order valence-corrected chi connectivity index (χ0v) is 6.94. The van der Waals surface area contributed by atoms with Crippen LogP contribution in [-0.4, -0.2) is 6.86 Å². The Morgan fingerprint density at radius 1 is 1.58 bits per heavy atom. The summed E-state index contributed by atoms with van der Waals surface area (Å²) in [4.78, 5) is 0. The number of nitrogens with one attached hydrogen (secondary N) is 1. The summed E-state index contributed by atoms with van der Waals surface area (Å²) in [5, 5.41) is 0.353. The summed E-state index contributed by atoms with van der Waals surface area (Å²) in [7, 11) is 0. The number of hydrogen-bond acceptors (Lipinski definition) is 3. The third-order valence-corrected chi connectivity index (χ3v) is 1.62. The lowest BCUT2D eigenvalue weighted by Crippen LogP contribution is -2.06. The molecule has 66 valence electrons. The summed E-state index contributed by atoms with van der Waals surface area (Å²) in [6.45, 7) is -0.909. The van der Waals surface area contributed by atoms with Crippen molar-refractivity contribution in [1.29, 1.82) is 0 Å². The second kappa shape index (κ2) is 4.13. The van der Waals surface area contributed by atoms with Crippen LogP contribution in [0.25, 0.3) is 0 Å². The number of nitrogens with two attached hydrogens (primary N) is 1. The molecule has 0 aliphatic heterocycles. The molecule has 0 aromatic heterocycles. The molecule has 0 atom stereocenters. The van der Waals surface area contributed by atoms with E-state index in [4.69, 9.17) is 17.4 Å². The molecule has 5 heteroatoms. The number of hydrogen-bond donors (Lipinski definition) is 2. The molecule has 1 aromatic carbocycles. The van der Waals surface area contributed by atoms with Crippen LogP contribution in [0.5, 0.6) is 5.75 Å². The van der Waals surface area contributed by atoms with Crippen molar-refractivity contribution in [1.82, 2.24) is 0 Å². The maximum atomic E-state index is 11.8. The Kier molecular flexibility index (Phi) is 3.13. The average Bonchev–Trinajstić information content (AvgIpc) is 2.09. The molecule has 3 N–H and O–H groups in total. The largest absolute Gasteiger partial charge is 0.461 e. The highest BCUT2D eigenvalue weighted by Gasteiger charge is 2.01. The third kappa shape index (κ3) is 1.99. The fourth-order valence-corrected chi connectivity index (χ4v) is 0.935. The fourth-order valence-electron chi connectivity index (χ4n) is 0.763. The van der Waals surface area contributed by atoms with Crippen LogP contribution in [0, 0.1) is 0 Å². The van der Waals surface area contributed by atoms with E-state index in [-0.39, 0.29) is 5.75 Å². The Labute approximate surface area is 74.2 Å². The van der Waals surface area contributed by atoms with Gasteiger partial charge in [0.25, 0.3) is 0 Å². The number of ether oxygens (including phenoxy) is 1. The van der Waals surface area contributed by atoms with Crippen LogP contribution in [0.2, 0.25) is 5.02 Å². The van der Waals surface area contributed by atoms with Crippen LogP contribution in [0.15, 0.2) is 18.2 Å². The first-order valence-corrected chi connectivity index (χ1v) is 3.60. The molecule has 0 saturated carbocycles. The molecule has 0 amide bonds. The summed E-state index contributed by atoms with van der Waals surface area (Å²) >= 11 is 5.67. The Balaban J connectivity index is 2.91. The van der Waals surface area contributed by atoms with Gasteiger partial charge in [0.1, 0.15) is 5.75 Å². The molecule has 3 nitrogen and oxygen atoms in total.